The molecule has 7 nitrogen and oxygen atoms in total. The first kappa shape index (κ1) is 21.5. The van der Waals surface area contributed by atoms with Crippen molar-refractivity contribution < 1.29 is 14.3 Å². The summed E-state index contributed by atoms with van der Waals surface area (Å²) in [5, 5.41) is 3.27. The van der Waals surface area contributed by atoms with Gasteiger partial charge in [-0.15, -0.1) is 0 Å². The molecular formula is C26H30N4O3. The number of likely N-dealkylation sites (tertiary alicyclic amines) is 1. The van der Waals surface area contributed by atoms with Gasteiger partial charge < -0.3 is 19.5 Å². The van der Waals surface area contributed by atoms with E-state index in [1.807, 2.05) is 71.8 Å². The molecule has 5 rings (SSSR count). The van der Waals surface area contributed by atoms with Crippen LogP contribution in [0.25, 0.3) is 11.0 Å². The number of nitrogens with one attached hydrogen (secondary N) is 1. The zero-order valence-electron chi connectivity index (χ0n) is 19.2. The summed E-state index contributed by atoms with van der Waals surface area (Å²) >= 11 is 0. The summed E-state index contributed by atoms with van der Waals surface area (Å²) in [6, 6.07) is 15.6. The molecule has 0 unspecified atom stereocenters. The van der Waals surface area contributed by atoms with Gasteiger partial charge in [0, 0.05) is 37.9 Å². The minimum absolute atomic E-state index is 0.0574. The lowest BCUT2D eigenvalue weighted by Gasteiger charge is -2.42. The van der Waals surface area contributed by atoms with Gasteiger partial charge in [0.1, 0.15) is 23.7 Å². The minimum atomic E-state index is -0.455. The Balaban J connectivity index is 1.39. The molecular weight excluding hydrogens is 416 g/mol. The van der Waals surface area contributed by atoms with Crippen molar-refractivity contribution in [1.29, 1.82) is 0 Å². The molecule has 3 heterocycles. The first-order valence-electron chi connectivity index (χ1n) is 11.7. The monoisotopic (exact) mass is 446 g/mol. The van der Waals surface area contributed by atoms with Crippen LogP contribution in [0.1, 0.15) is 50.0 Å². The van der Waals surface area contributed by atoms with E-state index in [0.717, 1.165) is 34.6 Å². The molecule has 0 aliphatic carbocycles. The van der Waals surface area contributed by atoms with Gasteiger partial charge in [0.05, 0.1) is 17.1 Å². The van der Waals surface area contributed by atoms with Crippen molar-refractivity contribution in [2.24, 2.45) is 0 Å². The molecule has 2 atom stereocenters. The molecule has 2 amide bonds. The fourth-order valence-electron chi connectivity index (χ4n) is 5.25. The third kappa shape index (κ3) is 4.08. The van der Waals surface area contributed by atoms with E-state index < -0.39 is 5.60 Å². The molecule has 1 aromatic heterocycles. The van der Waals surface area contributed by atoms with E-state index in [-0.39, 0.29) is 24.4 Å². The highest BCUT2D eigenvalue weighted by molar-refractivity contribution is 5.81. The molecule has 2 aliphatic rings. The van der Waals surface area contributed by atoms with Gasteiger partial charge >= 0.3 is 0 Å². The average Bonchev–Trinajstić information content (AvgIpc) is 3.04. The van der Waals surface area contributed by atoms with Gasteiger partial charge in [0.15, 0.2) is 0 Å². The first-order chi connectivity index (χ1) is 16.0. The molecule has 1 spiro atoms. The van der Waals surface area contributed by atoms with Crippen molar-refractivity contribution in [3.8, 4) is 5.75 Å². The summed E-state index contributed by atoms with van der Waals surface area (Å²) < 4.78 is 8.48. The molecule has 3 aromatic rings. The van der Waals surface area contributed by atoms with Crippen molar-refractivity contribution in [2.45, 2.75) is 57.7 Å². The SMILES string of the molecule is CCN1CC[C@@]2(CCC1=O)C[C@H](NC(=O)Cn1c(C)nc3ccccc31)c1ccccc1O2. The van der Waals surface area contributed by atoms with Gasteiger partial charge in [-0.3, -0.25) is 9.59 Å². The summed E-state index contributed by atoms with van der Waals surface area (Å²) in [4.78, 5) is 32.2. The fourth-order valence-corrected chi connectivity index (χ4v) is 5.25. The van der Waals surface area contributed by atoms with E-state index in [1.165, 1.54) is 0 Å². The van der Waals surface area contributed by atoms with E-state index in [0.29, 0.717) is 32.4 Å². The Bertz CT molecular complexity index is 1200. The van der Waals surface area contributed by atoms with Crippen LogP contribution >= 0.6 is 0 Å². The zero-order chi connectivity index (χ0) is 23.0. The third-order valence-corrected chi connectivity index (χ3v) is 7.05. The predicted molar refractivity (Wildman–Crippen MR) is 126 cm³/mol. The number of para-hydroxylation sites is 3. The van der Waals surface area contributed by atoms with E-state index >= 15 is 0 Å². The highest BCUT2D eigenvalue weighted by atomic mass is 16.5. The molecule has 0 saturated carbocycles. The number of nitrogens with zero attached hydrogens (tertiary/aromatic N) is 3. The molecule has 1 fully saturated rings. The van der Waals surface area contributed by atoms with Crippen LogP contribution in [0, 0.1) is 6.92 Å². The Kier molecular flexibility index (Phi) is 5.56. The van der Waals surface area contributed by atoms with Crippen LogP contribution in [-0.4, -0.2) is 45.0 Å². The fraction of sp³-hybridized carbons (Fsp3) is 0.423. The lowest BCUT2D eigenvalue weighted by molar-refractivity contribution is -0.130. The number of benzene rings is 2. The topological polar surface area (TPSA) is 76.5 Å². The number of ether oxygens (including phenoxy) is 1. The number of amides is 2. The summed E-state index contributed by atoms with van der Waals surface area (Å²) in [7, 11) is 0. The second-order valence-corrected chi connectivity index (χ2v) is 9.10. The Morgan fingerprint density at radius 3 is 2.82 bits per heavy atom. The maximum atomic E-state index is 13.2. The Labute approximate surface area is 193 Å². The smallest absolute Gasteiger partial charge is 0.240 e. The predicted octanol–water partition coefficient (Wildman–Crippen LogP) is 3.76. The van der Waals surface area contributed by atoms with E-state index in [4.69, 9.17) is 4.74 Å². The number of imidazole rings is 1. The Hall–Kier alpha value is -3.35. The standard InChI is InChI=1S/C26H30N4O3/c1-3-29-15-14-26(13-12-25(29)32)16-21(19-8-4-7-11-23(19)33-26)28-24(31)17-30-18(2)27-20-9-5-6-10-22(20)30/h4-11,21H,3,12-17H2,1-2H3,(H,28,31)/t21-,26-/m0/s1. The van der Waals surface area contributed by atoms with Gasteiger partial charge in [-0.05, 0) is 38.5 Å². The number of aromatic nitrogens is 2. The van der Waals surface area contributed by atoms with Crippen LogP contribution in [0.2, 0.25) is 0 Å². The van der Waals surface area contributed by atoms with Gasteiger partial charge in [-0.1, -0.05) is 30.3 Å². The number of hydrogen-bond donors (Lipinski definition) is 1. The normalized spacial score (nSPS) is 22.7. The number of fused-ring (bicyclic) bond motifs is 2. The maximum Gasteiger partial charge on any atom is 0.240 e. The minimum Gasteiger partial charge on any atom is -0.487 e. The quantitative estimate of drug-likeness (QED) is 0.662. The second kappa shape index (κ2) is 8.54. The van der Waals surface area contributed by atoms with Crippen LogP contribution in [0.3, 0.4) is 0 Å². The largest absolute Gasteiger partial charge is 0.487 e. The number of aryl methyl sites for hydroxylation is 1. The zero-order valence-corrected chi connectivity index (χ0v) is 19.2. The van der Waals surface area contributed by atoms with Crippen LogP contribution in [0.5, 0.6) is 5.75 Å². The van der Waals surface area contributed by atoms with E-state index in [1.54, 1.807) is 0 Å². The van der Waals surface area contributed by atoms with Gasteiger partial charge in [0.25, 0.3) is 0 Å². The average molecular weight is 447 g/mol. The van der Waals surface area contributed by atoms with Crippen molar-refractivity contribution in [2.75, 3.05) is 13.1 Å². The van der Waals surface area contributed by atoms with Crippen molar-refractivity contribution >= 4 is 22.8 Å². The molecule has 0 bridgehead atoms. The number of carbonyl (C=O) groups is 2. The highest BCUT2D eigenvalue weighted by Gasteiger charge is 2.43. The summed E-state index contributed by atoms with van der Waals surface area (Å²) in [5.41, 5.74) is 2.38. The molecule has 2 aliphatic heterocycles. The van der Waals surface area contributed by atoms with Crippen LogP contribution in [-0.2, 0) is 16.1 Å². The Morgan fingerprint density at radius 2 is 1.97 bits per heavy atom. The first-order valence-corrected chi connectivity index (χ1v) is 11.7. The molecule has 1 saturated heterocycles. The number of hydrogen-bond acceptors (Lipinski definition) is 4. The molecule has 0 radical (unpaired) electrons. The van der Waals surface area contributed by atoms with Crippen molar-refractivity contribution in [3.63, 3.8) is 0 Å². The molecule has 7 heteroatoms. The van der Waals surface area contributed by atoms with Crippen LogP contribution in [0.4, 0.5) is 0 Å². The van der Waals surface area contributed by atoms with Crippen LogP contribution in [0.15, 0.2) is 48.5 Å². The van der Waals surface area contributed by atoms with Gasteiger partial charge in [0.2, 0.25) is 11.8 Å². The molecule has 33 heavy (non-hydrogen) atoms. The molecule has 2 aromatic carbocycles. The lowest BCUT2D eigenvalue weighted by atomic mass is 9.82. The third-order valence-electron chi connectivity index (χ3n) is 7.05. The van der Waals surface area contributed by atoms with E-state index in [9.17, 15) is 9.59 Å². The highest BCUT2D eigenvalue weighted by Crippen LogP contribution is 2.44. The molecule has 1 N–H and O–H groups in total. The van der Waals surface area contributed by atoms with E-state index in [2.05, 4.69) is 10.3 Å². The lowest BCUT2D eigenvalue weighted by Crippen LogP contribution is -2.46. The second-order valence-electron chi connectivity index (χ2n) is 9.10. The van der Waals surface area contributed by atoms with Crippen molar-refractivity contribution in [1.82, 2.24) is 19.8 Å². The summed E-state index contributed by atoms with van der Waals surface area (Å²) in [5.74, 6) is 1.74. The van der Waals surface area contributed by atoms with Crippen molar-refractivity contribution in [3.05, 3.63) is 59.9 Å². The van der Waals surface area contributed by atoms with Crippen LogP contribution < -0.4 is 10.1 Å². The summed E-state index contributed by atoms with van der Waals surface area (Å²) in [6.07, 6.45) is 2.55. The maximum absolute atomic E-state index is 13.2. The Morgan fingerprint density at radius 1 is 1.18 bits per heavy atom. The summed E-state index contributed by atoms with van der Waals surface area (Å²) in [6.45, 7) is 5.54. The molecule has 172 valence electrons. The number of carbonyl (C=O) groups excluding carboxylic acids is 2. The number of rotatable bonds is 4. The van der Waals surface area contributed by atoms with Gasteiger partial charge in [-0.2, -0.15) is 0 Å². The van der Waals surface area contributed by atoms with Gasteiger partial charge in [-0.25, -0.2) is 4.98 Å².